The molecule has 4 fully saturated rings. The van der Waals surface area contributed by atoms with Crippen molar-refractivity contribution in [3.8, 4) is 0 Å². The topological polar surface area (TPSA) is 55.1 Å². The molecule has 124 valence electrons. The van der Waals surface area contributed by atoms with Gasteiger partial charge < -0.3 is 11.1 Å². The molecule has 4 saturated carbocycles. The summed E-state index contributed by atoms with van der Waals surface area (Å²) < 4.78 is 0. The first-order valence-corrected chi connectivity index (χ1v) is 8.94. The Bertz CT molecular complexity index is 618. The van der Waals surface area contributed by atoms with Gasteiger partial charge in [0.05, 0.1) is 5.41 Å². The number of carbonyl (C=O) groups is 1. The SMILES string of the molecule is CC12CC3CC(C)(C1)CC(C(=O)Nc1ccc(CN)cc1)(C3)C2. The van der Waals surface area contributed by atoms with Crippen LogP contribution in [0.3, 0.4) is 0 Å². The Morgan fingerprint density at radius 3 is 2.22 bits per heavy atom. The number of benzene rings is 1. The number of rotatable bonds is 3. The minimum absolute atomic E-state index is 0.143. The molecule has 0 spiro atoms. The molecule has 0 aromatic heterocycles. The molecule has 0 radical (unpaired) electrons. The van der Waals surface area contributed by atoms with Gasteiger partial charge in [-0.1, -0.05) is 26.0 Å². The van der Waals surface area contributed by atoms with Crippen LogP contribution in [-0.4, -0.2) is 5.91 Å². The molecule has 3 nitrogen and oxygen atoms in total. The second-order valence-electron chi connectivity index (χ2n) is 9.27. The van der Waals surface area contributed by atoms with E-state index in [9.17, 15) is 4.79 Å². The van der Waals surface area contributed by atoms with Crippen molar-refractivity contribution in [2.24, 2.45) is 27.9 Å². The van der Waals surface area contributed by atoms with Gasteiger partial charge in [-0.25, -0.2) is 0 Å². The van der Waals surface area contributed by atoms with Crippen molar-refractivity contribution in [1.29, 1.82) is 0 Å². The van der Waals surface area contributed by atoms with Crippen molar-refractivity contribution in [1.82, 2.24) is 0 Å². The molecule has 4 bridgehead atoms. The summed E-state index contributed by atoms with van der Waals surface area (Å²) in [6.07, 6.45) is 7.17. The van der Waals surface area contributed by atoms with E-state index in [1.807, 2.05) is 24.3 Å². The largest absolute Gasteiger partial charge is 0.326 e. The van der Waals surface area contributed by atoms with Gasteiger partial charge in [-0.3, -0.25) is 4.79 Å². The molecule has 4 aliphatic carbocycles. The van der Waals surface area contributed by atoms with Crippen molar-refractivity contribution in [3.63, 3.8) is 0 Å². The summed E-state index contributed by atoms with van der Waals surface area (Å²) in [5.74, 6) is 0.992. The smallest absolute Gasteiger partial charge is 0.230 e. The van der Waals surface area contributed by atoms with Gasteiger partial charge in [0.1, 0.15) is 0 Å². The number of amides is 1. The zero-order chi connectivity index (χ0) is 16.3. The molecule has 1 aromatic rings. The molecule has 0 aliphatic heterocycles. The standard InChI is InChI=1S/C20H28N2O/c1-18-7-15-8-19(2,11-18)13-20(9-15,12-18)17(23)22-16-5-3-14(10-21)4-6-16/h3-6,15H,7-13,21H2,1-2H3,(H,22,23). The van der Waals surface area contributed by atoms with Gasteiger partial charge in [0.2, 0.25) is 5.91 Å². The van der Waals surface area contributed by atoms with E-state index in [1.54, 1.807) is 0 Å². The van der Waals surface area contributed by atoms with Crippen LogP contribution < -0.4 is 11.1 Å². The summed E-state index contributed by atoms with van der Waals surface area (Å²) in [5.41, 5.74) is 8.24. The lowest BCUT2D eigenvalue weighted by atomic mass is 9.40. The predicted molar refractivity (Wildman–Crippen MR) is 92.8 cm³/mol. The highest BCUT2D eigenvalue weighted by atomic mass is 16.2. The Morgan fingerprint density at radius 1 is 1.09 bits per heavy atom. The van der Waals surface area contributed by atoms with Crippen LogP contribution in [0.2, 0.25) is 0 Å². The van der Waals surface area contributed by atoms with Gasteiger partial charge in [-0.15, -0.1) is 0 Å². The molecule has 2 atom stereocenters. The summed E-state index contributed by atoms with van der Waals surface area (Å²) in [5, 5.41) is 3.20. The van der Waals surface area contributed by atoms with Crippen molar-refractivity contribution in [3.05, 3.63) is 29.8 Å². The highest BCUT2D eigenvalue weighted by Crippen LogP contribution is 2.69. The first-order valence-electron chi connectivity index (χ1n) is 8.94. The number of nitrogens with two attached hydrogens (primary N) is 1. The van der Waals surface area contributed by atoms with Gasteiger partial charge in [0.15, 0.2) is 0 Å². The van der Waals surface area contributed by atoms with E-state index in [0.717, 1.165) is 36.4 Å². The van der Waals surface area contributed by atoms with E-state index in [2.05, 4.69) is 19.2 Å². The molecule has 1 aromatic carbocycles. The summed E-state index contributed by atoms with van der Waals surface area (Å²) >= 11 is 0. The van der Waals surface area contributed by atoms with E-state index in [-0.39, 0.29) is 11.3 Å². The molecular formula is C20H28N2O. The fourth-order valence-electron chi connectivity index (χ4n) is 6.69. The molecule has 4 aliphatic rings. The monoisotopic (exact) mass is 312 g/mol. The fourth-order valence-corrected chi connectivity index (χ4v) is 6.69. The normalized spacial score (nSPS) is 41.1. The Labute approximate surface area is 139 Å². The van der Waals surface area contributed by atoms with E-state index in [4.69, 9.17) is 5.73 Å². The molecule has 3 heteroatoms. The quantitative estimate of drug-likeness (QED) is 0.883. The molecular weight excluding hydrogens is 284 g/mol. The van der Waals surface area contributed by atoms with Gasteiger partial charge in [-0.2, -0.15) is 0 Å². The Balaban J connectivity index is 1.58. The van der Waals surface area contributed by atoms with Crippen LogP contribution in [-0.2, 0) is 11.3 Å². The van der Waals surface area contributed by atoms with E-state index in [0.29, 0.717) is 17.4 Å². The minimum atomic E-state index is -0.143. The summed E-state index contributed by atoms with van der Waals surface area (Å²) in [7, 11) is 0. The third kappa shape index (κ3) is 2.50. The van der Waals surface area contributed by atoms with Crippen LogP contribution in [0.1, 0.15) is 57.9 Å². The zero-order valence-corrected chi connectivity index (χ0v) is 14.3. The van der Waals surface area contributed by atoms with Crippen molar-refractivity contribution < 1.29 is 4.79 Å². The highest BCUT2D eigenvalue weighted by molar-refractivity contribution is 5.95. The average molecular weight is 312 g/mol. The van der Waals surface area contributed by atoms with E-state index < -0.39 is 0 Å². The molecule has 0 saturated heterocycles. The summed E-state index contributed by atoms with van der Waals surface area (Å²) in [4.78, 5) is 13.2. The predicted octanol–water partition coefficient (Wildman–Crippen LogP) is 4.08. The summed E-state index contributed by atoms with van der Waals surface area (Å²) in [6, 6.07) is 7.95. The average Bonchev–Trinajstić information content (AvgIpc) is 2.44. The third-order valence-electron chi connectivity index (χ3n) is 6.56. The van der Waals surface area contributed by atoms with E-state index in [1.165, 1.54) is 19.3 Å². The van der Waals surface area contributed by atoms with Crippen LogP contribution in [0.4, 0.5) is 5.69 Å². The summed E-state index contributed by atoms with van der Waals surface area (Å²) in [6.45, 7) is 5.36. The number of hydrogen-bond donors (Lipinski definition) is 2. The molecule has 1 amide bonds. The van der Waals surface area contributed by atoms with Crippen LogP contribution in [0.25, 0.3) is 0 Å². The Hall–Kier alpha value is -1.35. The maximum atomic E-state index is 13.2. The lowest BCUT2D eigenvalue weighted by Crippen LogP contribution is -2.58. The first kappa shape index (κ1) is 15.2. The maximum Gasteiger partial charge on any atom is 0.230 e. The Kier molecular flexibility index (Phi) is 3.19. The molecule has 0 heterocycles. The minimum Gasteiger partial charge on any atom is -0.326 e. The lowest BCUT2D eigenvalue weighted by Gasteiger charge is -2.64. The zero-order valence-electron chi connectivity index (χ0n) is 14.3. The van der Waals surface area contributed by atoms with Crippen LogP contribution >= 0.6 is 0 Å². The second kappa shape index (κ2) is 4.83. The lowest BCUT2D eigenvalue weighted by molar-refractivity contribution is -0.165. The van der Waals surface area contributed by atoms with Gasteiger partial charge in [-0.05, 0) is 73.0 Å². The molecule has 23 heavy (non-hydrogen) atoms. The van der Waals surface area contributed by atoms with Gasteiger partial charge in [0, 0.05) is 12.2 Å². The van der Waals surface area contributed by atoms with Crippen molar-refractivity contribution >= 4 is 11.6 Å². The first-order chi connectivity index (χ1) is 10.8. The number of nitrogens with one attached hydrogen (secondary N) is 1. The Morgan fingerprint density at radius 2 is 1.70 bits per heavy atom. The third-order valence-corrected chi connectivity index (χ3v) is 6.56. The van der Waals surface area contributed by atoms with Crippen LogP contribution in [0, 0.1) is 22.2 Å². The molecule has 5 rings (SSSR count). The van der Waals surface area contributed by atoms with Gasteiger partial charge in [0.25, 0.3) is 0 Å². The highest BCUT2D eigenvalue weighted by Gasteiger charge is 2.62. The van der Waals surface area contributed by atoms with Crippen LogP contribution in [0.5, 0.6) is 0 Å². The van der Waals surface area contributed by atoms with Crippen molar-refractivity contribution in [2.75, 3.05) is 5.32 Å². The number of carbonyl (C=O) groups excluding carboxylic acids is 1. The van der Waals surface area contributed by atoms with Crippen molar-refractivity contribution in [2.45, 2.75) is 58.9 Å². The van der Waals surface area contributed by atoms with E-state index >= 15 is 0 Å². The maximum absolute atomic E-state index is 13.2. The van der Waals surface area contributed by atoms with Gasteiger partial charge >= 0.3 is 0 Å². The number of anilines is 1. The number of hydrogen-bond acceptors (Lipinski definition) is 2. The van der Waals surface area contributed by atoms with Crippen LogP contribution in [0.15, 0.2) is 24.3 Å². The molecule has 2 unspecified atom stereocenters. The molecule has 3 N–H and O–H groups in total. The fraction of sp³-hybridized carbons (Fsp3) is 0.650. The second-order valence-corrected chi connectivity index (χ2v) is 9.27.